The second kappa shape index (κ2) is 6.05. The van der Waals surface area contributed by atoms with Crippen molar-refractivity contribution < 1.29 is 0 Å². The Kier molecular flexibility index (Phi) is 4.43. The Morgan fingerprint density at radius 2 is 1.56 bits per heavy atom. The van der Waals surface area contributed by atoms with E-state index in [2.05, 4.69) is 83.3 Å². The average Bonchev–Trinajstić information content (AvgIpc) is 2.41. The van der Waals surface area contributed by atoms with E-state index < -0.39 is 0 Å². The van der Waals surface area contributed by atoms with Crippen molar-refractivity contribution in [3.63, 3.8) is 0 Å². The number of halogens is 1. The highest BCUT2D eigenvalue weighted by Gasteiger charge is 2.07. The molecule has 0 radical (unpaired) electrons. The molecule has 0 spiro atoms. The molecule has 0 aliphatic rings. The highest BCUT2D eigenvalue weighted by molar-refractivity contribution is 9.08. The number of alkyl halides is 1. The standard InChI is InChI=1S/C16H18BrN/c1-13-7-3-4-9-15(13)12-18(2)16-10-6-5-8-14(16)11-17/h3-10H,11-12H2,1-2H3. The van der Waals surface area contributed by atoms with Gasteiger partial charge in [0.25, 0.3) is 0 Å². The molecule has 18 heavy (non-hydrogen) atoms. The van der Waals surface area contributed by atoms with Crippen molar-refractivity contribution in [3.8, 4) is 0 Å². The summed E-state index contributed by atoms with van der Waals surface area (Å²) >= 11 is 3.55. The molecule has 0 atom stereocenters. The fourth-order valence-corrected chi connectivity index (χ4v) is 2.60. The third kappa shape index (κ3) is 2.94. The minimum absolute atomic E-state index is 0.890. The first-order chi connectivity index (χ1) is 8.72. The largest absolute Gasteiger partial charge is 0.370 e. The Bertz CT molecular complexity index is 522. The maximum Gasteiger partial charge on any atom is 0.0428 e. The Morgan fingerprint density at radius 3 is 2.22 bits per heavy atom. The van der Waals surface area contributed by atoms with Gasteiger partial charge in [-0.05, 0) is 29.7 Å². The predicted octanol–water partition coefficient (Wildman–Crippen LogP) is 4.53. The van der Waals surface area contributed by atoms with Gasteiger partial charge in [-0.2, -0.15) is 0 Å². The number of nitrogens with zero attached hydrogens (tertiary/aromatic N) is 1. The molecule has 0 amide bonds. The van der Waals surface area contributed by atoms with Gasteiger partial charge in [0.2, 0.25) is 0 Å². The summed E-state index contributed by atoms with van der Waals surface area (Å²) in [7, 11) is 2.15. The van der Waals surface area contributed by atoms with Crippen molar-refractivity contribution in [2.75, 3.05) is 11.9 Å². The van der Waals surface area contributed by atoms with Crippen LogP contribution in [0.2, 0.25) is 0 Å². The Balaban J connectivity index is 2.22. The molecule has 0 bridgehead atoms. The molecule has 0 fully saturated rings. The van der Waals surface area contributed by atoms with Gasteiger partial charge in [0, 0.05) is 24.6 Å². The fraction of sp³-hybridized carbons (Fsp3) is 0.250. The van der Waals surface area contributed by atoms with Crippen LogP contribution < -0.4 is 4.90 Å². The third-order valence-electron chi connectivity index (χ3n) is 3.22. The summed E-state index contributed by atoms with van der Waals surface area (Å²) in [5.74, 6) is 0. The summed E-state index contributed by atoms with van der Waals surface area (Å²) in [4.78, 5) is 2.30. The van der Waals surface area contributed by atoms with Gasteiger partial charge >= 0.3 is 0 Å². The molecule has 0 saturated heterocycles. The summed E-state index contributed by atoms with van der Waals surface area (Å²) in [5.41, 5.74) is 5.34. The van der Waals surface area contributed by atoms with Crippen LogP contribution in [-0.2, 0) is 11.9 Å². The summed E-state index contributed by atoms with van der Waals surface area (Å²) in [6.45, 7) is 3.11. The molecule has 94 valence electrons. The molecule has 0 aliphatic carbocycles. The van der Waals surface area contributed by atoms with Crippen LogP contribution in [0.3, 0.4) is 0 Å². The number of para-hydroxylation sites is 1. The van der Waals surface area contributed by atoms with Gasteiger partial charge in [-0.1, -0.05) is 58.4 Å². The molecule has 0 aromatic heterocycles. The molecule has 0 unspecified atom stereocenters. The van der Waals surface area contributed by atoms with Gasteiger partial charge < -0.3 is 4.90 Å². The van der Waals surface area contributed by atoms with E-state index in [0.717, 1.165) is 11.9 Å². The molecule has 1 nitrogen and oxygen atoms in total. The van der Waals surface area contributed by atoms with Crippen LogP contribution in [0.5, 0.6) is 0 Å². The van der Waals surface area contributed by atoms with Crippen molar-refractivity contribution in [2.45, 2.75) is 18.8 Å². The first-order valence-electron chi connectivity index (χ1n) is 6.12. The number of anilines is 1. The van der Waals surface area contributed by atoms with Crippen LogP contribution in [-0.4, -0.2) is 7.05 Å². The molecular weight excluding hydrogens is 286 g/mol. The van der Waals surface area contributed by atoms with Crippen molar-refractivity contribution in [2.24, 2.45) is 0 Å². The topological polar surface area (TPSA) is 3.24 Å². The van der Waals surface area contributed by atoms with Gasteiger partial charge in [-0.3, -0.25) is 0 Å². The van der Waals surface area contributed by atoms with Crippen LogP contribution in [0.1, 0.15) is 16.7 Å². The molecule has 2 aromatic rings. The van der Waals surface area contributed by atoms with E-state index in [1.807, 2.05) is 0 Å². The van der Waals surface area contributed by atoms with E-state index in [-0.39, 0.29) is 0 Å². The van der Waals surface area contributed by atoms with E-state index in [0.29, 0.717) is 0 Å². The van der Waals surface area contributed by atoms with Crippen molar-refractivity contribution in [1.29, 1.82) is 0 Å². The van der Waals surface area contributed by atoms with Gasteiger partial charge in [0.05, 0.1) is 0 Å². The number of hydrogen-bond donors (Lipinski definition) is 0. The average molecular weight is 304 g/mol. The molecule has 2 heteroatoms. The fourth-order valence-electron chi connectivity index (χ4n) is 2.12. The van der Waals surface area contributed by atoms with Crippen molar-refractivity contribution in [1.82, 2.24) is 0 Å². The van der Waals surface area contributed by atoms with Crippen LogP contribution >= 0.6 is 15.9 Å². The van der Waals surface area contributed by atoms with Crippen LogP contribution in [0.4, 0.5) is 5.69 Å². The van der Waals surface area contributed by atoms with E-state index in [1.165, 1.54) is 22.4 Å². The Hall–Kier alpha value is -1.28. The molecule has 2 rings (SSSR count). The normalized spacial score (nSPS) is 10.4. The van der Waals surface area contributed by atoms with E-state index in [1.54, 1.807) is 0 Å². The lowest BCUT2D eigenvalue weighted by molar-refractivity contribution is 0.908. The van der Waals surface area contributed by atoms with Gasteiger partial charge in [0.1, 0.15) is 0 Å². The third-order valence-corrected chi connectivity index (χ3v) is 3.82. The number of hydrogen-bond acceptors (Lipinski definition) is 1. The predicted molar refractivity (Wildman–Crippen MR) is 82.4 cm³/mol. The first kappa shape index (κ1) is 13.2. The van der Waals surface area contributed by atoms with Crippen LogP contribution in [0.25, 0.3) is 0 Å². The quantitative estimate of drug-likeness (QED) is 0.750. The first-order valence-corrected chi connectivity index (χ1v) is 7.24. The van der Waals surface area contributed by atoms with Gasteiger partial charge in [0.15, 0.2) is 0 Å². The van der Waals surface area contributed by atoms with Crippen LogP contribution in [0.15, 0.2) is 48.5 Å². The number of benzene rings is 2. The van der Waals surface area contributed by atoms with Crippen LogP contribution in [0, 0.1) is 6.92 Å². The van der Waals surface area contributed by atoms with Crippen molar-refractivity contribution >= 4 is 21.6 Å². The molecular formula is C16H18BrN. The smallest absolute Gasteiger partial charge is 0.0428 e. The molecule has 0 aliphatic heterocycles. The Labute approximate surface area is 118 Å². The molecule has 2 aromatic carbocycles. The van der Waals surface area contributed by atoms with E-state index in [9.17, 15) is 0 Å². The summed E-state index contributed by atoms with van der Waals surface area (Å²) in [6.07, 6.45) is 0. The highest BCUT2D eigenvalue weighted by atomic mass is 79.9. The van der Waals surface area contributed by atoms with Gasteiger partial charge in [-0.15, -0.1) is 0 Å². The number of aryl methyl sites for hydroxylation is 1. The second-order valence-corrected chi connectivity index (χ2v) is 5.11. The lowest BCUT2D eigenvalue weighted by Gasteiger charge is -2.23. The summed E-state index contributed by atoms with van der Waals surface area (Å²) in [5, 5.41) is 0.890. The minimum Gasteiger partial charge on any atom is -0.370 e. The van der Waals surface area contributed by atoms with Gasteiger partial charge in [-0.25, -0.2) is 0 Å². The minimum atomic E-state index is 0.890. The highest BCUT2D eigenvalue weighted by Crippen LogP contribution is 2.23. The number of rotatable bonds is 4. The lowest BCUT2D eigenvalue weighted by Crippen LogP contribution is -2.18. The lowest BCUT2D eigenvalue weighted by atomic mass is 10.1. The van der Waals surface area contributed by atoms with E-state index in [4.69, 9.17) is 0 Å². The zero-order valence-corrected chi connectivity index (χ0v) is 12.4. The summed E-state index contributed by atoms with van der Waals surface area (Å²) in [6, 6.07) is 17.1. The van der Waals surface area contributed by atoms with E-state index >= 15 is 0 Å². The maximum absolute atomic E-state index is 3.55. The second-order valence-electron chi connectivity index (χ2n) is 4.54. The molecule has 0 N–H and O–H groups in total. The molecule has 0 heterocycles. The molecule has 0 saturated carbocycles. The summed E-state index contributed by atoms with van der Waals surface area (Å²) < 4.78 is 0. The SMILES string of the molecule is Cc1ccccc1CN(C)c1ccccc1CBr. The zero-order chi connectivity index (χ0) is 13.0. The zero-order valence-electron chi connectivity index (χ0n) is 10.9. The maximum atomic E-state index is 3.55. The van der Waals surface area contributed by atoms with Crippen molar-refractivity contribution in [3.05, 3.63) is 65.2 Å². The Morgan fingerprint density at radius 1 is 0.944 bits per heavy atom. The monoisotopic (exact) mass is 303 g/mol.